The van der Waals surface area contributed by atoms with Crippen molar-refractivity contribution in [2.24, 2.45) is 0 Å². The maximum absolute atomic E-state index is 13.3. The second kappa shape index (κ2) is 4.47. The minimum atomic E-state index is -0.315. The Bertz CT molecular complexity index is 742. The number of H-pyrrole nitrogens is 1. The van der Waals surface area contributed by atoms with E-state index in [9.17, 15) is 4.39 Å². The maximum Gasteiger partial charge on any atom is 0.224 e. The van der Waals surface area contributed by atoms with Gasteiger partial charge in [0.2, 0.25) is 5.28 Å². The smallest absolute Gasteiger partial charge is 0.224 e. The van der Waals surface area contributed by atoms with Crippen LogP contribution in [0.1, 0.15) is 0 Å². The Morgan fingerprint density at radius 2 is 2.16 bits per heavy atom. The van der Waals surface area contributed by atoms with Crippen LogP contribution in [0.3, 0.4) is 0 Å². The molecule has 3 rings (SSSR count). The van der Waals surface area contributed by atoms with Gasteiger partial charge in [0.25, 0.3) is 0 Å². The third-order valence-electron chi connectivity index (χ3n) is 2.78. The van der Waals surface area contributed by atoms with Crippen molar-refractivity contribution < 1.29 is 4.39 Å². The number of anilines is 2. The highest BCUT2D eigenvalue weighted by atomic mass is 35.5. The summed E-state index contributed by atoms with van der Waals surface area (Å²) < 4.78 is 13.3. The second-order valence-electron chi connectivity index (χ2n) is 3.98. The fourth-order valence-electron chi connectivity index (χ4n) is 1.85. The zero-order valence-corrected chi connectivity index (χ0v) is 10.7. The van der Waals surface area contributed by atoms with Crippen molar-refractivity contribution in [2.45, 2.75) is 0 Å². The topological polar surface area (TPSA) is 57.7 Å². The van der Waals surface area contributed by atoms with Crippen LogP contribution in [-0.2, 0) is 0 Å². The molecule has 0 aliphatic heterocycles. The molecule has 0 unspecified atom stereocenters. The average molecular weight is 278 g/mol. The quantitative estimate of drug-likeness (QED) is 0.732. The predicted octanol–water partition coefficient (Wildman–Crippen LogP) is 2.91. The normalized spacial score (nSPS) is 10.9. The fourth-order valence-corrected chi connectivity index (χ4v) is 1.99. The van der Waals surface area contributed by atoms with E-state index in [-0.39, 0.29) is 11.1 Å². The monoisotopic (exact) mass is 277 g/mol. The van der Waals surface area contributed by atoms with Crippen molar-refractivity contribution in [1.82, 2.24) is 20.2 Å². The van der Waals surface area contributed by atoms with Gasteiger partial charge in [-0.2, -0.15) is 5.10 Å². The predicted molar refractivity (Wildman–Crippen MR) is 71.2 cm³/mol. The van der Waals surface area contributed by atoms with Gasteiger partial charge in [-0.05, 0) is 35.9 Å². The third-order valence-corrected chi connectivity index (χ3v) is 2.96. The minimum Gasteiger partial charge on any atom is -0.312 e. The van der Waals surface area contributed by atoms with Crippen LogP contribution >= 0.6 is 11.6 Å². The highest BCUT2D eigenvalue weighted by Gasteiger charge is 2.13. The molecule has 2 heterocycles. The summed E-state index contributed by atoms with van der Waals surface area (Å²) in [5.41, 5.74) is 0.753. The zero-order chi connectivity index (χ0) is 13.4. The molecule has 1 N–H and O–H groups in total. The lowest BCUT2D eigenvalue weighted by atomic mass is 10.2. The number of rotatable bonds is 2. The van der Waals surface area contributed by atoms with Crippen molar-refractivity contribution >= 4 is 34.1 Å². The molecule has 5 nitrogen and oxygen atoms in total. The summed E-state index contributed by atoms with van der Waals surface area (Å²) >= 11 is 5.76. The van der Waals surface area contributed by atoms with Gasteiger partial charge in [0, 0.05) is 18.6 Å². The first-order chi connectivity index (χ1) is 9.15. The van der Waals surface area contributed by atoms with E-state index in [1.807, 2.05) is 0 Å². The zero-order valence-electron chi connectivity index (χ0n) is 9.93. The maximum atomic E-state index is 13.3. The largest absolute Gasteiger partial charge is 0.312 e. The van der Waals surface area contributed by atoms with Gasteiger partial charge in [0.05, 0.1) is 5.52 Å². The number of nitrogens with one attached hydrogen (secondary N) is 1. The summed E-state index contributed by atoms with van der Waals surface area (Å²) in [5.74, 6) is 0.839. The van der Waals surface area contributed by atoms with Gasteiger partial charge in [-0.25, -0.2) is 14.4 Å². The van der Waals surface area contributed by atoms with Gasteiger partial charge in [0.15, 0.2) is 5.82 Å². The molecule has 0 saturated heterocycles. The average Bonchev–Trinajstić information content (AvgIpc) is 2.80. The van der Waals surface area contributed by atoms with Gasteiger partial charge in [-0.1, -0.05) is 0 Å². The van der Waals surface area contributed by atoms with Crippen molar-refractivity contribution in [3.63, 3.8) is 0 Å². The van der Waals surface area contributed by atoms with Crippen LogP contribution in [0.2, 0.25) is 5.28 Å². The summed E-state index contributed by atoms with van der Waals surface area (Å²) in [6.45, 7) is 0. The Balaban J connectivity index is 2.11. The van der Waals surface area contributed by atoms with E-state index in [2.05, 4.69) is 20.2 Å². The number of nitrogens with zero attached hydrogens (tertiary/aromatic N) is 4. The molecule has 0 fully saturated rings. The first kappa shape index (κ1) is 11.9. The van der Waals surface area contributed by atoms with E-state index in [4.69, 9.17) is 11.6 Å². The Morgan fingerprint density at radius 1 is 1.32 bits per heavy atom. The third kappa shape index (κ3) is 2.10. The number of aromatic nitrogens is 4. The van der Waals surface area contributed by atoms with Crippen LogP contribution in [-0.4, -0.2) is 27.2 Å². The number of halogens is 2. The van der Waals surface area contributed by atoms with Crippen molar-refractivity contribution in [3.8, 4) is 0 Å². The molecule has 0 spiro atoms. The van der Waals surface area contributed by atoms with Crippen LogP contribution in [0.25, 0.3) is 10.9 Å². The Labute approximate surface area is 113 Å². The van der Waals surface area contributed by atoms with E-state index in [1.165, 1.54) is 12.1 Å². The van der Waals surface area contributed by atoms with Gasteiger partial charge < -0.3 is 4.90 Å². The standard InChI is InChI=1S/C12H9ClFN5/c1-19(10-4-5-15-12(13)16-10)11-8-6-7(14)2-3-9(8)17-18-11/h2-6H,1H3,(H,17,18). The van der Waals surface area contributed by atoms with Crippen molar-refractivity contribution in [2.75, 3.05) is 11.9 Å². The van der Waals surface area contributed by atoms with Crippen LogP contribution in [0.5, 0.6) is 0 Å². The summed E-state index contributed by atoms with van der Waals surface area (Å²) in [5, 5.41) is 7.85. The van der Waals surface area contributed by atoms with Gasteiger partial charge in [-0.3, -0.25) is 5.10 Å². The summed E-state index contributed by atoms with van der Waals surface area (Å²) in [7, 11) is 1.78. The highest BCUT2D eigenvalue weighted by molar-refractivity contribution is 6.28. The molecule has 7 heteroatoms. The van der Waals surface area contributed by atoms with E-state index in [1.54, 1.807) is 30.3 Å². The Morgan fingerprint density at radius 3 is 2.95 bits per heavy atom. The summed E-state index contributed by atoms with van der Waals surface area (Å²) in [6.07, 6.45) is 1.55. The molecule has 19 heavy (non-hydrogen) atoms. The van der Waals surface area contributed by atoms with Crippen LogP contribution in [0.15, 0.2) is 30.5 Å². The number of hydrogen-bond donors (Lipinski definition) is 1. The number of aromatic amines is 1. The molecule has 2 aromatic heterocycles. The Hall–Kier alpha value is -2.21. The van der Waals surface area contributed by atoms with Gasteiger partial charge in [0.1, 0.15) is 11.6 Å². The second-order valence-corrected chi connectivity index (χ2v) is 4.32. The SMILES string of the molecule is CN(c1ccnc(Cl)n1)c1n[nH]c2ccc(F)cc12. The van der Waals surface area contributed by atoms with E-state index in [0.717, 1.165) is 5.52 Å². The van der Waals surface area contributed by atoms with Gasteiger partial charge in [-0.15, -0.1) is 0 Å². The lowest BCUT2D eigenvalue weighted by molar-refractivity contribution is 0.629. The number of fused-ring (bicyclic) bond motifs is 1. The first-order valence-corrected chi connectivity index (χ1v) is 5.89. The lowest BCUT2D eigenvalue weighted by Gasteiger charge is -2.15. The van der Waals surface area contributed by atoms with E-state index in [0.29, 0.717) is 17.0 Å². The molecule has 0 aliphatic carbocycles. The van der Waals surface area contributed by atoms with Gasteiger partial charge >= 0.3 is 0 Å². The molecular formula is C12H9ClFN5. The van der Waals surface area contributed by atoms with E-state index < -0.39 is 0 Å². The summed E-state index contributed by atoms with van der Waals surface area (Å²) in [4.78, 5) is 9.62. The molecule has 0 saturated carbocycles. The number of hydrogen-bond acceptors (Lipinski definition) is 4. The molecular weight excluding hydrogens is 269 g/mol. The lowest BCUT2D eigenvalue weighted by Crippen LogP contribution is -2.12. The van der Waals surface area contributed by atoms with Crippen LogP contribution < -0.4 is 4.90 Å². The molecule has 3 aromatic rings. The van der Waals surface area contributed by atoms with Crippen LogP contribution in [0, 0.1) is 5.82 Å². The Kier molecular flexibility index (Phi) is 2.79. The summed E-state index contributed by atoms with van der Waals surface area (Å²) in [6, 6.07) is 6.15. The van der Waals surface area contributed by atoms with Crippen LogP contribution in [0.4, 0.5) is 16.0 Å². The molecule has 0 bridgehead atoms. The van der Waals surface area contributed by atoms with E-state index >= 15 is 0 Å². The molecule has 1 aromatic carbocycles. The molecule has 96 valence electrons. The molecule has 0 radical (unpaired) electrons. The molecule has 0 atom stereocenters. The molecule has 0 amide bonds. The molecule has 0 aliphatic rings. The van der Waals surface area contributed by atoms with Crippen molar-refractivity contribution in [1.29, 1.82) is 0 Å². The first-order valence-electron chi connectivity index (χ1n) is 5.51. The number of benzene rings is 1. The fraction of sp³-hybridized carbons (Fsp3) is 0.0833. The minimum absolute atomic E-state index is 0.148. The highest BCUT2D eigenvalue weighted by Crippen LogP contribution is 2.28. The van der Waals surface area contributed by atoms with Crippen molar-refractivity contribution in [3.05, 3.63) is 41.6 Å².